The lowest BCUT2D eigenvalue weighted by Crippen LogP contribution is -2.43. The van der Waals surface area contributed by atoms with E-state index in [1.807, 2.05) is 0 Å². The van der Waals surface area contributed by atoms with Crippen molar-refractivity contribution in [1.29, 1.82) is 0 Å². The van der Waals surface area contributed by atoms with Gasteiger partial charge in [-0.2, -0.15) is 13.2 Å². The zero-order chi connectivity index (χ0) is 21.0. The van der Waals surface area contributed by atoms with Crippen LogP contribution in [0, 0.1) is 0 Å². The molecule has 5 nitrogen and oxygen atoms in total. The Morgan fingerprint density at radius 2 is 1.83 bits per heavy atom. The number of ketones is 1. The van der Waals surface area contributed by atoms with Gasteiger partial charge in [0, 0.05) is 37.5 Å². The molecule has 2 atom stereocenters. The van der Waals surface area contributed by atoms with Gasteiger partial charge in [0.25, 0.3) is 0 Å². The molecule has 0 aromatic heterocycles. The minimum Gasteiger partial charge on any atom is -0.390 e. The van der Waals surface area contributed by atoms with Gasteiger partial charge in [-0.05, 0) is 25.0 Å². The summed E-state index contributed by atoms with van der Waals surface area (Å²) >= 11 is 0. The van der Waals surface area contributed by atoms with E-state index < -0.39 is 23.6 Å². The Labute approximate surface area is 168 Å². The van der Waals surface area contributed by atoms with Crippen LogP contribution in [-0.4, -0.2) is 53.0 Å². The van der Waals surface area contributed by atoms with Crippen LogP contribution in [0.25, 0.3) is 0 Å². The number of aliphatic hydroxyl groups excluding tert-OH is 1. The predicted octanol–water partition coefficient (Wildman–Crippen LogP) is 3.16. The van der Waals surface area contributed by atoms with Crippen LogP contribution in [0.1, 0.15) is 60.9 Å². The fraction of sp³-hybridized carbons (Fsp3) is 0.619. The molecule has 3 rings (SSSR count). The van der Waals surface area contributed by atoms with Gasteiger partial charge < -0.3 is 10.4 Å². The quantitative estimate of drug-likeness (QED) is 0.705. The standard InChI is InChI=1S/C21H27F3N2O3/c22-21(23,24)15-6-4-5-14(11-15)18(27)9-10-20(29)25-17-12-26(13-19(17)28)16-7-2-1-3-8-16/h4-6,11,16-17,19,28H,1-3,7-10,12-13H2,(H,25,29)/t17-,19-/m0/s1. The second-order valence-corrected chi connectivity index (χ2v) is 7.99. The molecule has 1 aliphatic heterocycles. The number of likely N-dealkylation sites (tertiary alicyclic amines) is 1. The van der Waals surface area contributed by atoms with Crippen LogP contribution in [0.3, 0.4) is 0 Å². The highest BCUT2D eigenvalue weighted by Gasteiger charge is 2.36. The van der Waals surface area contributed by atoms with E-state index in [0.717, 1.165) is 25.0 Å². The summed E-state index contributed by atoms with van der Waals surface area (Å²) in [5.41, 5.74) is -0.943. The number of amides is 1. The summed E-state index contributed by atoms with van der Waals surface area (Å²) in [6.45, 7) is 1.11. The average Bonchev–Trinajstić information content (AvgIpc) is 3.06. The lowest BCUT2D eigenvalue weighted by molar-refractivity contribution is -0.137. The van der Waals surface area contributed by atoms with Crippen LogP contribution in [0.4, 0.5) is 13.2 Å². The summed E-state index contributed by atoms with van der Waals surface area (Å²) < 4.78 is 38.3. The van der Waals surface area contributed by atoms with E-state index in [0.29, 0.717) is 19.1 Å². The van der Waals surface area contributed by atoms with Crippen molar-refractivity contribution in [2.75, 3.05) is 13.1 Å². The molecular weight excluding hydrogens is 385 g/mol. The van der Waals surface area contributed by atoms with Crippen molar-refractivity contribution in [3.05, 3.63) is 35.4 Å². The third kappa shape index (κ3) is 5.79. The van der Waals surface area contributed by atoms with Gasteiger partial charge >= 0.3 is 6.18 Å². The number of aliphatic hydroxyl groups is 1. The van der Waals surface area contributed by atoms with E-state index in [1.54, 1.807) is 0 Å². The monoisotopic (exact) mass is 412 g/mol. The van der Waals surface area contributed by atoms with E-state index in [-0.39, 0.29) is 30.4 Å². The largest absolute Gasteiger partial charge is 0.416 e. The van der Waals surface area contributed by atoms with Gasteiger partial charge in [-0.3, -0.25) is 14.5 Å². The third-order valence-electron chi connectivity index (χ3n) is 5.85. The number of nitrogens with one attached hydrogen (secondary N) is 1. The van der Waals surface area contributed by atoms with Crippen LogP contribution >= 0.6 is 0 Å². The van der Waals surface area contributed by atoms with Crippen LogP contribution < -0.4 is 5.32 Å². The van der Waals surface area contributed by atoms with Crippen LogP contribution in [0.5, 0.6) is 0 Å². The molecule has 1 aromatic carbocycles. The highest BCUT2D eigenvalue weighted by Crippen LogP contribution is 2.30. The molecule has 1 heterocycles. The van der Waals surface area contributed by atoms with E-state index in [2.05, 4.69) is 10.2 Å². The summed E-state index contributed by atoms with van der Waals surface area (Å²) in [6, 6.07) is 4.28. The molecule has 0 unspecified atom stereocenters. The van der Waals surface area contributed by atoms with Gasteiger partial charge in [-0.1, -0.05) is 31.4 Å². The number of hydrogen-bond donors (Lipinski definition) is 2. The molecule has 0 bridgehead atoms. The number of carbonyl (C=O) groups is 2. The van der Waals surface area contributed by atoms with Gasteiger partial charge in [0.15, 0.2) is 5.78 Å². The number of β-amino-alcohol motifs (C(OH)–C–C–N with tert-alkyl or cyclic N) is 1. The van der Waals surface area contributed by atoms with Crippen molar-refractivity contribution in [2.24, 2.45) is 0 Å². The van der Waals surface area contributed by atoms with E-state index in [4.69, 9.17) is 0 Å². The Morgan fingerprint density at radius 1 is 1.10 bits per heavy atom. The average molecular weight is 412 g/mol. The summed E-state index contributed by atoms with van der Waals surface area (Å²) in [5, 5.41) is 13.0. The zero-order valence-corrected chi connectivity index (χ0v) is 16.3. The Bertz CT molecular complexity index is 732. The van der Waals surface area contributed by atoms with Crippen LogP contribution in [0.2, 0.25) is 0 Å². The molecule has 29 heavy (non-hydrogen) atoms. The highest BCUT2D eigenvalue weighted by molar-refractivity contribution is 5.98. The summed E-state index contributed by atoms with van der Waals surface area (Å²) in [5.74, 6) is -0.887. The van der Waals surface area contributed by atoms with Crippen molar-refractivity contribution in [2.45, 2.75) is 69.3 Å². The first kappa shape index (κ1) is 21.8. The first-order valence-electron chi connectivity index (χ1n) is 10.2. The Kier molecular flexibility index (Phi) is 6.95. The van der Waals surface area contributed by atoms with Crippen LogP contribution in [0.15, 0.2) is 24.3 Å². The maximum Gasteiger partial charge on any atom is 0.416 e. The number of benzene rings is 1. The smallest absolute Gasteiger partial charge is 0.390 e. The number of hydrogen-bond acceptors (Lipinski definition) is 4. The fourth-order valence-corrected chi connectivity index (χ4v) is 4.22. The van der Waals surface area contributed by atoms with Gasteiger partial charge in [0.05, 0.1) is 17.7 Å². The molecule has 1 saturated heterocycles. The fourth-order valence-electron chi connectivity index (χ4n) is 4.22. The molecular formula is C21H27F3N2O3. The van der Waals surface area contributed by atoms with Crippen molar-refractivity contribution in [3.63, 3.8) is 0 Å². The number of rotatable bonds is 6. The lowest BCUT2D eigenvalue weighted by atomic mass is 9.94. The van der Waals surface area contributed by atoms with Gasteiger partial charge in [-0.15, -0.1) is 0 Å². The van der Waals surface area contributed by atoms with E-state index >= 15 is 0 Å². The van der Waals surface area contributed by atoms with Gasteiger partial charge in [0.1, 0.15) is 0 Å². The molecule has 8 heteroatoms. The topological polar surface area (TPSA) is 69.6 Å². The SMILES string of the molecule is O=C(CCC(=O)c1cccc(C(F)(F)F)c1)N[C@H]1CN(C2CCCCC2)C[C@@H]1O. The molecule has 160 valence electrons. The first-order valence-corrected chi connectivity index (χ1v) is 10.2. The molecule has 2 N–H and O–H groups in total. The molecule has 0 spiro atoms. The van der Waals surface area contributed by atoms with Crippen molar-refractivity contribution < 1.29 is 27.9 Å². The summed E-state index contributed by atoms with van der Waals surface area (Å²) in [6.07, 6.45) is 0.364. The van der Waals surface area contributed by atoms with E-state index in [1.165, 1.54) is 31.4 Å². The van der Waals surface area contributed by atoms with Gasteiger partial charge in [-0.25, -0.2) is 0 Å². The normalized spacial score (nSPS) is 23.9. The van der Waals surface area contributed by atoms with Crippen molar-refractivity contribution in [3.8, 4) is 0 Å². The number of carbonyl (C=O) groups excluding carboxylic acids is 2. The molecule has 2 aliphatic rings. The Balaban J connectivity index is 1.48. The molecule has 1 aliphatic carbocycles. The molecule has 1 aromatic rings. The van der Waals surface area contributed by atoms with Crippen molar-refractivity contribution in [1.82, 2.24) is 10.2 Å². The summed E-state index contributed by atoms with van der Waals surface area (Å²) in [4.78, 5) is 26.6. The van der Waals surface area contributed by atoms with Crippen LogP contribution in [-0.2, 0) is 11.0 Å². The lowest BCUT2D eigenvalue weighted by Gasteiger charge is -2.30. The summed E-state index contributed by atoms with van der Waals surface area (Å²) in [7, 11) is 0. The number of Topliss-reactive ketones (excluding diaryl/α,β-unsaturated/α-hetero) is 1. The second-order valence-electron chi connectivity index (χ2n) is 7.99. The number of nitrogens with zero attached hydrogens (tertiary/aromatic N) is 1. The first-order chi connectivity index (χ1) is 13.7. The second kappa shape index (κ2) is 9.26. The Hall–Kier alpha value is -1.93. The third-order valence-corrected chi connectivity index (χ3v) is 5.85. The maximum absolute atomic E-state index is 12.8. The zero-order valence-electron chi connectivity index (χ0n) is 16.3. The highest BCUT2D eigenvalue weighted by atomic mass is 19.4. The predicted molar refractivity (Wildman–Crippen MR) is 101 cm³/mol. The Morgan fingerprint density at radius 3 is 2.52 bits per heavy atom. The molecule has 1 saturated carbocycles. The molecule has 1 amide bonds. The maximum atomic E-state index is 12.8. The molecule has 2 fully saturated rings. The number of halogens is 3. The van der Waals surface area contributed by atoms with E-state index in [9.17, 15) is 27.9 Å². The van der Waals surface area contributed by atoms with Gasteiger partial charge in [0.2, 0.25) is 5.91 Å². The van der Waals surface area contributed by atoms with Crippen molar-refractivity contribution >= 4 is 11.7 Å². The minimum atomic E-state index is -4.52. The number of alkyl halides is 3. The minimum absolute atomic E-state index is 0.0583. The molecule has 0 radical (unpaired) electrons.